The van der Waals surface area contributed by atoms with Crippen LogP contribution in [0.3, 0.4) is 0 Å². The number of esters is 1. The summed E-state index contributed by atoms with van der Waals surface area (Å²) in [4.78, 5) is 22.1. The van der Waals surface area contributed by atoms with Gasteiger partial charge in [-0.2, -0.15) is 0 Å². The van der Waals surface area contributed by atoms with Gasteiger partial charge in [0, 0.05) is 17.8 Å². The third kappa shape index (κ3) is 5.30. The van der Waals surface area contributed by atoms with Gasteiger partial charge in [-0.05, 0) is 37.1 Å². The molecule has 1 amide bonds. The number of rotatable bonds is 8. The summed E-state index contributed by atoms with van der Waals surface area (Å²) in [7, 11) is 1.41. The van der Waals surface area contributed by atoms with Crippen LogP contribution in [-0.4, -0.2) is 25.5 Å². The first-order chi connectivity index (χ1) is 9.54. The maximum absolute atomic E-state index is 11.2. The number of benzene rings is 1. The summed E-state index contributed by atoms with van der Waals surface area (Å²) in [6, 6.07) is 7.06. The van der Waals surface area contributed by atoms with Crippen molar-refractivity contribution >= 4 is 17.6 Å². The second kappa shape index (κ2) is 8.19. The van der Waals surface area contributed by atoms with Gasteiger partial charge in [0.2, 0.25) is 5.91 Å². The molecule has 3 N–H and O–H groups in total. The molecule has 0 aliphatic carbocycles. The molecule has 0 aliphatic heterocycles. The molecular formula is C15H22N2O3. The summed E-state index contributed by atoms with van der Waals surface area (Å²) in [5.74, 6) is -0.622. The number of ether oxygens (including phenoxy) is 1. The number of unbranched alkanes of at least 4 members (excludes halogenated alkanes) is 1. The largest absolute Gasteiger partial charge is 0.469 e. The molecule has 0 aromatic heterocycles. The van der Waals surface area contributed by atoms with Gasteiger partial charge in [0.15, 0.2) is 0 Å². The molecule has 5 heteroatoms. The lowest BCUT2D eigenvalue weighted by molar-refractivity contribution is -0.145. The van der Waals surface area contributed by atoms with Crippen LogP contribution in [0.25, 0.3) is 0 Å². The fraction of sp³-hybridized carbons (Fsp3) is 0.467. The van der Waals surface area contributed by atoms with E-state index >= 15 is 0 Å². The SMILES string of the molecule is COC(=O)C(C)CCCCNc1ccc(C(N)=O)cc1. The van der Waals surface area contributed by atoms with Crippen molar-refractivity contribution in [2.24, 2.45) is 11.7 Å². The Morgan fingerprint density at radius 3 is 2.45 bits per heavy atom. The lowest BCUT2D eigenvalue weighted by Crippen LogP contribution is -2.13. The number of nitrogens with two attached hydrogens (primary N) is 1. The number of hydrogen-bond donors (Lipinski definition) is 2. The minimum Gasteiger partial charge on any atom is -0.469 e. The van der Waals surface area contributed by atoms with Crippen molar-refractivity contribution in [3.05, 3.63) is 29.8 Å². The zero-order valence-corrected chi connectivity index (χ0v) is 12.0. The number of nitrogens with one attached hydrogen (secondary N) is 1. The monoisotopic (exact) mass is 278 g/mol. The molecule has 110 valence electrons. The summed E-state index contributed by atoms with van der Waals surface area (Å²) >= 11 is 0. The Morgan fingerprint density at radius 1 is 1.25 bits per heavy atom. The van der Waals surface area contributed by atoms with Crippen LogP contribution in [0.15, 0.2) is 24.3 Å². The molecule has 1 aromatic rings. The minimum atomic E-state index is -0.423. The molecule has 0 fully saturated rings. The number of primary amides is 1. The quantitative estimate of drug-likeness (QED) is 0.564. The average Bonchev–Trinajstić information content (AvgIpc) is 2.46. The van der Waals surface area contributed by atoms with Crippen LogP contribution in [0.2, 0.25) is 0 Å². The second-order valence-electron chi connectivity index (χ2n) is 4.79. The Bertz CT molecular complexity index is 443. The molecule has 1 aromatic carbocycles. The Labute approximate surface area is 119 Å². The molecule has 0 spiro atoms. The molecule has 20 heavy (non-hydrogen) atoms. The topological polar surface area (TPSA) is 81.4 Å². The van der Waals surface area contributed by atoms with E-state index in [1.807, 2.05) is 19.1 Å². The van der Waals surface area contributed by atoms with E-state index < -0.39 is 5.91 Å². The van der Waals surface area contributed by atoms with Gasteiger partial charge in [-0.1, -0.05) is 13.3 Å². The molecular weight excluding hydrogens is 256 g/mol. The molecule has 0 radical (unpaired) electrons. The maximum Gasteiger partial charge on any atom is 0.308 e. The van der Waals surface area contributed by atoms with Gasteiger partial charge in [-0.3, -0.25) is 9.59 Å². The van der Waals surface area contributed by atoms with E-state index in [1.54, 1.807) is 12.1 Å². The summed E-state index contributed by atoms with van der Waals surface area (Å²) in [5, 5.41) is 3.26. The Balaban J connectivity index is 2.21. The van der Waals surface area contributed by atoms with Crippen LogP contribution < -0.4 is 11.1 Å². The van der Waals surface area contributed by atoms with E-state index in [1.165, 1.54) is 7.11 Å². The summed E-state index contributed by atoms with van der Waals surface area (Å²) in [5.41, 5.74) is 6.63. The van der Waals surface area contributed by atoms with Crippen LogP contribution in [0, 0.1) is 5.92 Å². The molecule has 5 nitrogen and oxygen atoms in total. The summed E-state index contributed by atoms with van der Waals surface area (Å²) < 4.78 is 4.68. The highest BCUT2D eigenvalue weighted by Crippen LogP contribution is 2.12. The van der Waals surface area contributed by atoms with Crippen molar-refractivity contribution in [3.8, 4) is 0 Å². The average molecular weight is 278 g/mol. The van der Waals surface area contributed by atoms with Gasteiger partial charge in [0.25, 0.3) is 0 Å². The zero-order valence-electron chi connectivity index (χ0n) is 12.0. The van der Waals surface area contributed by atoms with Crippen molar-refractivity contribution in [2.75, 3.05) is 19.0 Å². The standard InChI is InChI=1S/C15H22N2O3/c1-11(15(19)20-2)5-3-4-10-17-13-8-6-12(7-9-13)14(16)18/h6-9,11,17H,3-5,10H2,1-2H3,(H2,16,18). The van der Waals surface area contributed by atoms with E-state index in [2.05, 4.69) is 10.1 Å². The fourth-order valence-corrected chi connectivity index (χ4v) is 1.88. The third-order valence-corrected chi connectivity index (χ3v) is 3.17. The number of anilines is 1. The number of carbonyl (C=O) groups is 2. The van der Waals surface area contributed by atoms with Crippen molar-refractivity contribution in [2.45, 2.75) is 26.2 Å². The molecule has 1 atom stereocenters. The highest BCUT2D eigenvalue weighted by molar-refractivity contribution is 5.93. The molecule has 0 saturated heterocycles. The fourth-order valence-electron chi connectivity index (χ4n) is 1.88. The molecule has 0 heterocycles. The number of hydrogen-bond acceptors (Lipinski definition) is 4. The lowest BCUT2D eigenvalue weighted by Gasteiger charge is -2.09. The predicted octanol–water partition coefficient (Wildman–Crippen LogP) is 2.18. The lowest BCUT2D eigenvalue weighted by atomic mass is 10.0. The van der Waals surface area contributed by atoms with Crippen molar-refractivity contribution in [3.63, 3.8) is 0 Å². The van der Waals surface area contributed by atoms with Gasteiger partial charge < -0.3 is 15.8 Å². The van der Waals surface area contributed by atoms with Crippen LogP contribution in [0.5, 0.6) is 0 Å². The van der Waals surface area contributed by atoms with Crippen LogP contribution >= 0.6 is 0 Å². The number of carbonyl (C=O) groups excluding carboxylic acids is 2. The van der Waals surface area contributed by atoms with E-state index in [9.17, 15) is 9.59 Å². The van der Waals surface area contributed by atoms with E-state index in [0.29, 0.717) is 5.56 Å². The maximum atomic E-state index is 11.2. The number of methoxy groups -OCH3 is 1. The van der Waals surface area contributed by atoms with Crippen molar-refractivity contribution in [1.29, 1.82) is 0 Å². The van der Waals surface area contributed by atoms with Crippen LogP contribution in [-0.2, 0) is 9.53 Å². The van der Waals surface area contributed by atoms with Gasteiger partial charge in [0.05, 0.1) is 13.0 Å². The number of amides is 1. The molecule has 0 aliphatic rings. The predicted molar refractivity (Wildman–Crippen MR) is 78.5 cm³/mol. The second-order valence-corrected chi connectivity index (χ2v) is 4.79. The van der Waals surface area contributed by atoms with Crippen molar-refractivity contribution < 1.29 is 14.3 Å². The van der Waals surface area contributed by atoms with E-state index in [-0.39, 0.29) is 11.9 Å². The normalized spacial score (nSPS) is 11.7. The summed E-state index contributed by atoms with van der Waals surface area (Å²) in [6.07, 6.45) is 2.76. The van der Waals surface area contributed by atoms with Gasteiger partial charge >= 0.3 is 5.97 Å². The molecule has 1 rings (SSSR count). The highest BCUT2D eigenvalue weighted by atomic mass is 16.5. The van der Waals surface area contributed by atoms with Gasteiger partial charge in [0.1, 0.15) is 0 Å². The zero-order chi connectivity index (χ0) is 15.0. The minimum absolute atomic E-state index is 0.0464. The van der Waals surface area contributed by atoms with E-state index in [4.69, 9.17) is 5.73 Å². The van der Waals surface area contributed by atoms with Crippen LogP contribution in [0.1, 0.15) is 36.5 Å². The molecule has 1 unspecified atom stereocenters. The Morgan fingerprint density at radius 2 is 1.90 bits per heavy atom. The van der Waals surface area contributed by atoms with Crippen molar-refractivity contribution in [1.82, 2.24) is 0 Å². The molecule has 0 bridgehead atoms. The molecule has 0 saturated carbocycles. The van der Waals surface area contributed by atoms with Gasteiger partial charge in [-0.25, -0.2) is 0 Å². The Hall–Kier alpha value is -2.04. The first-order valence-electron chi connectivity index (χ1n) is 6.76. The Kier molecular flexibility index (Phi) is 6.56. The third-order valence-electron chi connectivity index (χ3n) is 3.17. The first-order valence-corrected chi connectivity index (χ1v) is 6.76. The highest BCUT2D eigenvalue weighted by Gasteiger charge is 2.11. The van der Waals surface area contributed by atoms with E-state index in [0.717, 1.165) is 31.5 Å². The van der Waals surface area contributed by atoms with Crippen LogP contribution in [0.4, 0.5) is 5.69 Å². The first kappa shape index (κ1) is 16.0. The smallest absolute Gasteiger partial charge is 0.308 e. The van der Waals surface area contributed by atoms with Gasteiger partial charge in [-0.15, -0.1) is 0 Å². The summed E-state index contributed by atoms with van der Waals surface area (Å²) in [6.45, 7) is 2.70.